The average Bonchev–Trinajstić information content (AvgIpc) is 2.92. The monoisotopic (exact) mass is 592 g/mol. The van der Waals surface area contributed by atoms with Crippen LogP contribution < -0.4 is 5.32 Å². The van der Waals surface area contributed by atoms with Gasteiger partial charge in [-0.15, -0.1) is 11.8 Å². The largest absolute Gasteiger partial charge is 0.509 e. The molecule has 1 aliphatic heterocycles. The van der Waals surface area contributed by atoms with Gasteiger partial charge in [0.15, 0.2) is 11.6 Å². The Morgan fingerprint density at radius 3 is 2.44 bits per heavy atom. The number of thioether (sulfide) groups is 1. The fourth-order valence-electron chi connectivity index (χ4n) is 4.26. The van der Waals surface area contributed by atoms with Gasteiger partial charge in [0.1, 0.15) is 11.3 Å². The quantitative estimate of drug-likeness (QED) is 0.202. The number of halogens is 5. The molecule has 216 valence electrons. The molecule has 41 heavy (non-hydrogen) atoms. The Kier molecular flexibility index (Phi) is 8.14. The van der Waals surface area contributed by atoms with Gasteiger partial charge >= 0.3 is 6.18 Å². The number of aliphatic hydroxyl groups excluding tert-OH is 1. The highest BCUT2D eigenvalue weighted by atomic mass is 32.2. The molecule has 0 fully saturated rings. The molecule has 13 heteroatoms. The van der Waals surface area contributed by atoms with E-state index in [-0.39, 0.29) is 22.4 Å². The Bertz CT molecular complexity index is 1540. The molecule has 0 atom stereocenters. The predicted octanol–water partition coefficient (Wildman–Crippen LogP) is 6.19. The lowest BCUT2D eigenvalue weighted by molar-refractivity contribution is -0.160. The molecule has 2 heterocycles. The van der Waals surface area contributed by atoms with Gasteiger partial charge in [-0.05, 0) is 50.4 Å². The molecule has 0 radical (unpaired) electrons. The highest BCUT2D eigenvalue weighted by Crippen LogP contribution is 2.38. The number of pyridine rings is 1. The SMILES string of the molecule is CSc1ccc(-c2cc(C(F)(F)F)ccc2NC(=O)C2=C(O)C(C)(C)N(C)N(Cc3cccc(F)c3F)C2=O)cn1. The summed E-state index contributed by atoms with van der Waals surface area (Å²) in [5.41, 5.74) is -3.03. The summed E-state index contributed by atoms with van der Waals surface area (Å²) in [7, 11) is 1.43. The summed E-state index contributed by atoms with van der Waals surface area (Å²) in [6.07, 6.45) is -1.54. The second-order valence-corrected chi connectivity index (χ2v) is 10.5. The van der Waals surface area contributed by atoms with Crippen LogP contribution in [0.5, 0.6) is 0 Å². The molecule has 2 aromatic carbocycles. The van der Waals surface area contributed by atoms with E-state index >= 15 is 0 Å². The van der Waals surface area contributed by atoms with E-state index in [1.807, 2.05) is 0 Å². The normalized spacial score (nSPS) is 15.8. The maximum Gasteiger partial charge on any atom is 0.416 e. The minimum Gasteiger partial charge on any atom is -0.509 e. The van der Waals surface area contributed by atoms with Gasteiger partial charge in [-0.3, -0.25) is 14.6 Å². The van der Waals surface area contributed by atoms with Gasteiger partial charge in [-0.2, -0.15) is 13.2 Å². The molecule has 0 saturated carbocycles. The van der Waals surface area contributed by atoms with E-state index in [1.165, 1.54) is 56.0 Å². The molecule has 7 nitrogen and oxygen atoms in total. The van der Waals surface area contributed by atoms with E-state index in [4.69, 9.17) is 0 Å². The fourth-order valence-corrected chi connectivity index (χ4v) is 4.62. The number of rotatable bonds is 6. The van der Waals surface area contributed by atoms with Crippen molar-refractivity contribution in [2.75, 3.05) is 18.6 Å². The first-order valence-corrected chi connectivity index (χ1v) is 13.3. The van der Waals surface area contributed by atoms with Crippen molar-refractivity contribution in [3.05, 3.63) is 88.8 Å². The number of carbonyl (C=O) groups excluding carboxylic acids is 2. The third-order valence-electron chi connectivity index (χ3n) is 6.87. The van der Waals surface area contributed by atoms with Gasteiger partial charge in [0.25, 0.3) is 11.8 Å². The third-order valence-corrected chi connectivity index (χ3v) is 7.53. The zero-order valence-corrected chi connectivity index (χ0v) is 23.1. The van der Waals surface area contributed by atoms with E-state index in [2.05, 4.69) is 10.3 Å². The lowest BCUT2D eigenvalue weighted by atomic mass is 9.93. The summed E-state index contributed by atoms with van der Waals surface area (Å²) < 4.78 is 68.9. The molecular formula is C28H25F5N4O3S. The van der Waals surface area contributed by atoms with Crippen LogP contribution >= 0.6 is 11.8 Å². The number of nitrogens with one attached hydrogen (secondary N) is 1. The molecule has 0 saturated heterocycles. The number of alkyl halides is 3. The second kappa shape index (κ2) is 11.1. The molecular weight excluding hydrogens is 567 g/mol. The van der Waals surface area contributed by atoms with Crippen LogP contribution in [0.25, 0.3) is 11.1 Å². The lowest BCUT2D eigenvalue weighted by Crippen LogP contribution is -2.60. The zero-order chi connectivity index (χ0) is 30.3. The molecule has 0 bridgehead atoms. The van der Waals surface area contributed by atoms with Crippen LogP contribution in [0.4, 0.5) is 27.6 Å². The van der Waals surface area contributed by atoms with Crippen LogP contribution in [-0.4, -0.2) is 50.8 Å². The number of carbonyl (C=O) groups is 2. The molecule has 2 N–H and O–H groups in total. The summed E-state index contributed by atoms with van der Waals surface area (Å²) in [6.45, 7) is 2.53. The molecule has 0 spiro atoms. The van der Waals surface area contributed by atoms with Crippen molar-refractivity contribution in [2.24, 2.45) is 0 Å². The zero-order valence-electron chi connectivity index (χ0n) is 22.3. The van der Waals surface area contributed by atoms with Crippen molar-refractivity contribution < 1.29 is 36.6 Å². The summed E-state index contributed by atoms with van der Waals surface area (Å²) in [4.78, 5) is 31.2. The van der Waals surface area contributed by atoms with Gasteiger partial charge < -0.3 is 10.4 Å². The number of hydrazine groups is 1. The van der Waals surface area contributed by atoms with Crippen LogP contribution in [0.15, 0.2) is 71.1 Å². The van der Waals surface area contributed by atoms with Crippen LogP contribution in [0.3, 0.4) is 0 Å². The minimum atomic E-state index is -4.68. The molecule has 1 aliphatic rings. The summed E-state index contributed by atoms with van der Waals surface area (Å²) in [6, 6.07) is 9.26. The Hall–Kier alpha value is -3.97. The smallest absolute Gasteiger partial charge is 0.416 e. The Morgan fingerprint density at radius 2 is 1.83 bits per heavy atom. The van der Waals surface area contributed by atoms with Crippen molar-refractivity contribution in [2.45, 2.75) is 37.1 Å². The molecule has 2 amide bonds. The number of anilines is 1. The number of hydrogen-bond donors (Lipinski definition) is 2. The number of hydrogen-bond acceptors (Lipinski definition) is 6. The summed E-state index contributed by atoms with van der Waals surface area (Å²) in [5, 5.41) is 16.3. The lowest BCUT2D eigenvalue weighted by Gasteiger charge is -2.46. The van der Waals surface area contributed by atoms with Gasteiger partial charge in [0.2, 0.25) is 0 Å². The molecule has 4 rings (SSSR count). The Labute approximate surface area is 236 Å². The number of nitrogens with zero attached hydrogens (tertiary/aromatic N) is 3. The highest BCUT2D eigenvalue weighted by Gasteiger charge is 2.46. The maximum absolute atomic E-state index is 14.4. The predicted molar refractivity (Wildman–Crippen MR) is 143 cm³/mol. The highest BCUT2D eigenvalue weighted by molar-refractivity contribution is 7.98. The van der Waals surface area contributed by atoms with E-state index in [9.17, 15) is 36.6 Å². The van der Waals surface area contributed by atoms with Gasteiger partial charge in [0.05, 0.1) is 22.7 Å². The number of likely N-dealkylation sites (N-methyl/N-ethyl adjacent to an activating group) is 1. The van der Waals surface area contributed by atoms with E-state index < -0.39 is 58.6 Å². The second-order valence-electron chi connectivity index (χ2n) is 9.68. The topological polar surface area (TPSA) is 85.8 Å². The maximum atomic E-state index is 14.4. The minimum absolute atomic E-state index is 0.0215. The van der Waals surface area contributed by atoms with Crippen molar-refractivity contribution >= 4 is 29.3 Å². The van der Waals surface area contributed by atoms with Crippen molar-refractivity contribution in [3.63, 3.8) is 0 Å². The Morgan fingerprint density at radius 1 is 1.12 bits per heavy atom. The van der Waals surface area contributed by atoms with Gasteiger partial charge in [-0.25, -0.2) is 18.8 Å². The number of benzene rings is 2. The van der Waals surface area contributed by atoms with E-state index in [1.54, 1.807) is 18.4 Å². The van der Waals surface area contributed by atoms with E-state index in [0.717, 1.165) is 29.3 Å². The van der Waals surface area contributed by atoms with Crippen LogP contribution in [0.1, 0.15) is 25.0 Å². The first-order chi connectivity index (χ1) is 19.2. The van der Waals surface area contributed by atoms with Crippen LogP contribution in [-0.2, 0) is 22.3 Å². The van der Waals surface area contributed by atoms with Crippen LogP contribution in [0.2, 0.25) is 0 Å². The standard InChI is InChI=1S/C28H25F5N4O3S/c1-27(2)24(38)22(26(40)37(36(27)3)14-16-6-5-7-19(29)23(16)30)25(39)35-20-10-9-17(28(31,32)33)12-18(20)15-8-11-21(41-4)34-13-15/h5-13,38H,14H2,1-4H3,(H,35,39). The van der Waals surface area contributed by atoms with Crippen LogP contribution in [0, 0.1) is 11.6 Å². The van der Waals surface area contributed by atoms with Gasteiger partial charge in [0, 0.05) is 35.6 Å². The summed E-state index contributed by atoms with van der Waals surface area (Å²) in [5.74, 6) is -5.04. The molecule has 3 aromatic rings. The van der Waals surface area contributed by atoms with Crippen molar-refractivity contribution in [1.82, 2.24) is 15.0 Å². The molecule has 1 aromatic heterocycles. The van der Waals surface area contributed by atoms with Gasteiger partial charge in [-0.1, -0.05) is 18.2 Å². The fraction of sp³-hybridized carbons (Fsp3) is 0.250. The number of aromatic nitrogens is 1. The molecule has 0 unspecified atom stereocenters. The van der Waals surface area contributed by atoms with E-state index in [0.29, 0.717) is 5.03 Å². The first-order valence-electron chi connectivity index (χ1n) is 12.1. The van der Waals surface area contributed by atoms with Crippen molar-refractivity contribution in [3.8, 4) is 11.1 Å². The number of amides is 2. The Balaban J connectivity index is 1.75. The first kappa shape index (κ1) is 30.0. The number of aliphatic hydroxyl groups is 1. The average molecular weight is 593 g/mol. The summed E-state index contributed by atoms with van der Waals surface area (Å²) >= 11 is 1.33. The molecule has 0 aliphatic carbocycles. The van der Waals surface area contributed by atoms with Crippen molar-refractivity contribution in [1.29, 1.82) is 0 Å². The third kappa shape index (κ3) is 5.77.